The molecule has 3 aromatic carbocycles. The van der Waals surface area contributed by atoms with E-state index in [-0.39, 0.29) is 11.9 Å². The number of carbonyl (C=O) groups is 1. The first-order chi connectivity index (χ1) is 14.1. The Morgan fingerprint density at radius 2 is 1.62 bits per heavy atom. The quantitative estimate of drug-likeness (QED) is 0.620. The van der Waals surface area contributed by atoms with E-state index >= 15 is 0 Å². The molecule has 3 aromatic rings. The summed E-state index contributed by atoms with van der Waals surface area (Å²) in [5.41, 5.74) is 1.63. The van der Waals surface area contributed by atoms with Crippen molar-refractivity contribution in [3.05, 3.63) is 90.0 Å². The Bertz CT molecular complexity index is 942. The normalized spacial score (nSPS) is 11.7. The standard InChI is InChI=1S/C24H26N2O3/c1-26(2)22(21-14-7-8-15-23(21)28-3)17-25-24(27)18-10-9-13-20(16-18)29-19-11-5-4-6-12-19/h4-16,22H,17H2,1-3H3,(H,25,27)/p+1/t22-/m1/s1. The van der Waals surface area contributed by atoms with Gasteiger partial charge in [-0.3, -0.25) is 4.79 Å². The third-order valence-corrected chi connectivity index (χ3v) is 4.75. The van der Waals surface area contributed by atoms with Crippen LogP contribution in [0.4, 0.5) is 0 Å². The van der Waals surface area contributed by atoms with Gasteiger partial charge in [0.05, 0.1) is 33.3 Å². The average Bonchev–Trinajstić information content (AvgIpc) is 2.74. The number of hydrogen-bond acceptors (Lipinski definition) is 3. The van der Waals surface area contributed by atoms with Crippen molar-refractivity contribution < 1.29 is 19.2 Å². The summed E-state index contributed by atoms with van der Waals surface area (Å²) >= 11 is 0. The van der Waals surface area contributed by atoms with Crippen LogP contribution in [0.15, 0.2) is 78.9 Å². The van der Waals surface area contributed by atoms with E-state index in [2.05, 4.69) is 19.4 Å². The molecule has 0 aromatic heterocycles. The molecule has 2 N–H and O–H groups in total. The van der Waals surface area contributed by atoms with Gasteiger partial charge in [0, 0.05) is 5.56 Å². The van der Waals surface area contributed by atoms with Crippen LogP contribution in [0.1, 0.15) is 22.0 Å². The van der Waals surface area contributed by atoms with E-state index in [4.69, 9.17) is 9.47 Å². The lowest BCUT2D eigenvalue weighted by Crippen LogP contribution is -3.07. The zero-order valence-electron chi connectivity index (χ0n) is 17.0. The predicted octanol–water partition coefficient (Wildman–Crippen LogP) is 3.10. The summed E-state index contributed by atoms with van der Waals surface area (Å²) in [7, 11) is 5.80. The number of nitrogens with one attached hydrogen (secondary N) is 2. The van der Waals surface area contributed by atoms with Gasteiger partial charge in [-0.15, -0.1) is 0 Å². The Hall–Kier alpha value is -3.31. The van der Waals surface area contributed by atoms with Crippen LogP contribution in [0.3, 0.4) is 0 Å². The molecule has 0 aliphatic heterocycles. The molecule has 1 amide bonds. The molecule has 0 aliphatic carbocycles. The van der Waals surface area contributed by atoms with Crippen molar-refractivity contribution in [3.8, 4) is 17.2 Å². The van der Waals surface area contributed by atoms with E-state index in [1.54, 1.807) is 19.2 Å². The Labute approximate surface area is 171 Å². The van der Waals surface area contributed by atoms with Gasteiger partial charge in [0.1, 0.15) is 23.3 Å². The van der Waals surface area contributed by atoms with Crippen LogP contribution in [-0.4, -0.2) is 33.7 Å². The fourth-order valence-corrected chi connectivity index (χ4v) is 3.20. The van der Waals surface area contributed by atoms with Crippen molar-refractivity contribution in [3.63, 3.8) is 0 Å². The van der Waals surface area contributed by atoms with Crippen LogP contribution >= 0.6 is 0 Å². The monoisotopic (exact) mass is 391 g/mol. The molecular weight excluding hydrogens is 364 g/mol. The zero-order chi connectivity index (χ0) is 20.6. The van der Waals surface area contributed by atoms with E-state index in [1.165, 1.54) is 4.90 Å². The first-order valence-corrected chi connectivity index (χ1v) is 9.62. The summed E-state index contributed by atoms with van der Waals surface area (Å²) < 4.78 is 11.3. The van der Waals surface area contributed by atoms with Crippen LogP contribution in [0, 0.1) is 0 Å². The number of methoxy groups -OCH3 is 1. The summed E-state index contributed by atoms with van der Waals surface area (Å²) in [6.07, 6.45) is 0. The van der Waals surface area contributed by atoms with Crippen LogP contribution < -0.4 is 19.7 Å². The third-order valence-electron chi connectivity index (χ3n) is 4.75. The molecule has 0 aliphatic rings. The van der Waals surface area contributed by atoms with Crippen molar-refractivity contribution in [2.24, 2.45) is 0 Å². The second kappa shape index (κ2) is 9.75. The van der Waals surface area contributed by atoms with Gasteiger partial charge >= 0.3 is 0 Å². The number of ether oxygens (including phenoxy) is 2. The summed E-state index contributed by atoms with van der Waals surface area (Å²) in [4.78, 5) is 14.0. The number of benzene rings is 3. The molecule has 29 heavy (non-hydrogen) atoms. The van der Waals surface area contributed by atoms with Crippen molar-refractivity contribution >= 4 is 5.91 Å². The van der Waals surface area contributed by atoms with Gasteiger partial charge in [-0.2, -0.15) is 0 Å². The van der Waals surface area contributed by atoms with Gasteiger partial charge in [0.25, 0.3) is 5.91 Å². The second-order valence-corrected chi connectivity index (χ2v) is 7.02. The number of carbonyl (C=O) groups excluding carboxylic acids is 1. The Morgan fingerprint density at radius 3 is 2.34 bits per heavy atom. The molecule has 150 valence electrons. The maximum Gasteiger partial charge on any atom is 0.251 e. The highest BCUT2D eigenvalue weighted by Gasteiger charge is 2.22. The lowest BCUT2D eigenvalue weighted by Gasteiger charge is -2.23. The highest BCUT2D eigenvalue weighted by Crippen LogP contribution is 2.23. The minimum Gasteiger partial charge on any atom is -0.496 e. The van der Waals surface area contributed by atoms with Crippen LogP contribution in [0.5, 0.6) is 17.2 Å². The van der Waals surface area contributed by atoms with Crippen LogP contribution in [0.2, 0.25) is 0 Å². The number of rotatable bonds is 8. The Kier molecular flexibility index (Phi) is 6.87. The number of amides is 1. The van der Waals surface area contributed by atoms with E-state index < -0.39 is 0 Å². The van der Waals surface area contributed by atoms with Gasteiger partial charge in [-0.05, 0) is 42.5 Å². The van der Waals surface area contributed by atoms with Crippen molar-refractivity contribution in [1.29, 1.82) is 0 Å². The molecule has 0 bridgehead atoms. The lowest BCUT2D eigenvalue weighted by molar-refractivity contribution is -0.890. The van der Waals surface area contributed by atoms with E-state index in [0.29, 0.717) is 17.9 Å². The van der Waals surface area contributed by atoms with Crippen molar-refractivity contribution in [1.82, 2.24) is 5.32 Å². The minimum absolute atomic E-state index is 0.0684. The molecule has 0 unspecified atom stereocenters. The van der Waals surface area contributed by atoms with Gasteiger partial charge in [0.15, 0.2) is 0 Å². The molecule has 0 saturated heterocycles. The SMILES string of the molecule is COc1ccccc1[C@@H](CNC(=O)c1cccc(Oc2ccccc2)c1)[NH+](C)C. The van der Waals surface area contributed by atoms with Gasteiger partial charge in [-0.1, -0.05) is 36.4 Å². The first kappa shape index (κ1) is 20.4. The molecule has 5 nitrogen and oxygen atoms in total. The second-order valence-electron chi connectivity index (χ2n) is 7.02. The van der Waals surface area contributed by atoms with Crippen molar-refractivity contribution in [2.75, 3.05) is 27.7 Å². The number of hydrogen-bond donors (Lipinski definition) is 2. The fraction of sp³-hybridized carbons (Fsp3) is 0.208. The summed E-state index contributed by atoms with van der Waals surface area (Å²) in [5, 5.41) is 3.05. The van der Waals surface area contributed by atoms with Gasteiger partial charge in [0.2, 0.25) is 0 Å². The molecular formula is C24H27N2O3+. The Morgan fingerprint density at radius 1 is 0.931 bits per heavy atom. The highest BCUT2D eigenvalue weighted by molar-refractivity contribution is 5.94. The molecule has 0 radical (unpaired) electrons. The topological polar surface area (TPSA) is 52.0 Å². The van der Waals surface area contributed by atoms with E-state index in [1.807, 2.05) is 66.7 Å². The van der Waals surface area contributed by atoms with E-state index in [0.717, 1.165) is 17.1 Å². The molecule has 3 rings (SSSR count). The number of para-hydroxylation sites is 2. The Balaban J connectivity index is 1.70. The average molecular weight is 391 g/mol. The van der Waals surface area contributed by atoms with Gasteiger partial charge in [-0.25, -0.2) is 0 Å². The largest absolute Gasteiger partial charge is 0.496 e. The highest BCUT2D eigenvalue weighted by atomic mass is 16.5. The van der Waals surface area contributed by atoms with E-state index in [9.17, 15) is 4.79 Å². The zero-order valence-corrected chi connectivity index (χ0v) is 17.0. The third kappa shape index (κ3) is 5.36. The molecule has 1 atom stereocenters. The molecule has 0 fully saturated rings. The van der Waals surface area contributed by atoms with Crippen LogP contribution in [0.25, 0.3) is 0 Å². The summed E-state index contributed by atoms with van der Waals surface area (Å²) in [5.74, 6) is 2.05. The predicted molar refractivity (Wildman–Crippen MR) is 114 cm³/mol. The molecule has 0 saturated carbocycles. The molecule has 5 heteroatoms. The fourth-order valence-electron chi connectivity index (χ4n) is 3.20. The first-order valence-electron chi connectivity index (χ1n) is 9.62. The lowest BCUT2D eigenvalue weighted by atomic mass is 10.0. The van der Waals surface area contributed by atoms with Crippen LogP contribution in [-0.2, 0) is 0 Å². The minimum atomic E-state index is -0.135. The number of quaternary nitrogens is 1. The maximum atomic E-state index is 12.8. The van der Waals surface area contributed by atoms with Crippen molar-refractivity contribution in [2.45, 2.75) is 6.04 Å². The molecule has 0 heterocycles. The summed E-state index contributed by atoms with van der Waals surface area (Å²) in [6.45, 7) is 0.491. The van der Waals surface area contributed by atoms with Gasteiger partial charge < -0.3 is 19.7 Å². The molecule has 0 spiro atoms. The maximum absolute atomic E-state index is 12.8. The number of likely N-dealkylation sites (N-methyl/N-ethyl adjacent to an activating group) is 1. The smallest absolute Gasteiger partial charge is 0.251 e. The summed E-state index contributed by atoms with van der Waals surface area (Å²) in [6, 6.07) is 24.7.